The van der Waals surface area contributed by atoms with Crippen LogP contribution in [0.2, 0.25) is 5.02 Å². The van der Waals surface area contributed by atoms with E-state index >= 15 is 0 Å². The molecule has 19 heavy (non-hydrogen) atoms. The minimum atomic E-state index is -0.602. The maximum Gasteiger partial charge on any atom is 0.270 e. The van der Waals surface area contributed by atoms with Gasteiger partial charge in [-0.05, 0) is 6.07 Å². The molecule has 2 N–H and O–H groups in total. The van der Waals surface area contributed by atoms with Gasteiger partial charge in [-0.2, -0.15) is 0 Å². The Morgan fingerprint density at radius 1 is 1.63 bits per heavy atom. The molecule has 1 aromatic rings. The van der Waals surface area contributed by atoms with E-state index in [1.165, 1.54) is 19.2 Å². The van der Waals surface area contributed by atoms with E-state index in [0.717, 1.165) is 6.07 Å². The Labute approximate surface area is 114 Å². The summed E-state index contributed by atoms with van der Waals surface area (Å²) in [5.74, 6) is -0.531. The van der Waals surface area contributed by atoms with Crippen LogP contribution in [0.5, 0.6) is 0 Å². The molecule has 0 aromatic heterocycles. The van der Waals surface area contributed by atoms with Gasteiger partial charge in [0.05, 0.1) is 34.8 Å². The lowest BCUT2D eigenvalue weighted by molar-refractivity contribution is -0.384. The molecule has 104 valence electrons. The number of nitro groups is 1. The quantitative estimate of drug-likeness (QED) is 0.600. The van der Waals surface area contributed by atoms with Gasteiger partial charge in [0, 0.05) is 19.2 Å². The summed E-state index contributed by atoms with van der Waals surface area (Å²) in [6.45, 7) is -0.142. The first kappa shape index (κ1) is 15.4. The number of benzene rings is 1. The molecule has 0 saturated carbocycles. The lowest BCUT2D eigenvalue weighted by atomic mass is 10.2. The van der Waals surface area contributed by atoms with Crippen molar-refractivity contribution in [3.05, 3.63) is 38.9 Å². The van der Waals surface area contributed by atoms with Gasteiger partial charge in [-0.25, -0.2) is 0 Å². The van der Waals surface area contributed by atoms with Crippen molar-refractivity contribution in [3.8, 4) is 0 Å². The molecule has 7 nitrogen and oxygen atoms in total. The number of halogens is 1. The zero-order valence-electron chi connectivity index (χ0n) is 10.1. The number of methoxy groups -OCH3 is 1. The number of aliphatic hydroxyl groups is 1. The van der Waals surface area contributed by atoms with Crippen molar-refractivity contribution in [2.75, 3.05) is 20.3 Å². The zero-order valence-corrected chi connectivity index (χ0v) is 10.9. The molecule has 0 aliphatic rings. The number of nitrogens with one attached hydrogen (secondary N) is 1. The molecule has 8 heteroatoms. The van der Waals surface area contributed by atoms with E-state index in [1.807, 2.05) is 0 Å². The molecule has 1 atom stereocenters. The second-order valence-electron chi connectivity index (χ2n) is 3.73. The molecular formula is C11H13ClN2O5. The zero-order chi connectivity index (χ0) is 14.4. The summed E-state index contributed by atoms with van der Waals surface area (Å²) in [5, 5.41) is 22.0. The molecule has 1 aromatic carbocycles. The number of non-ortho nitro benzene ring substituents is 1. The van der Waals surface area contributed by atoms with Crippen molar-refractivity contribution in [3.63, 3.8) is 0 Å². The highest BCUT2D eigenvalue weighted by molar-refractivity contribution is 6.34. The fourth-order valence-corrected chi connectivity index (χ4v) is 1.67. The molecular weight excluding hydrogens is 276 g/mol. The maximum absolute atomic E-state index is 11.9. The largest absolute Gasteiger partial charge is 0.394 e. The van der Waals surface area contributed by atoms with Gasteiger partial charge in [-0.1, -0.05) is 11.6 Å². The van der Waals surface area contributed by atoms with Crippen LogP contribution < -0.4 is 5.32 Å². The minimum Gasteiger partial charge on any atom is -0.394 e. The monoisotopic (exact) mass is 288 g/mol. The minimum absolute atomic E-state index is 0.0270. The molecule has 0 spiro atoms. The number of amides is 1. The first-order valence-corrected chi connectivity index (χ1v) is 5.72. The number of nitrogens with zero attached hydrogens (tertiary/aromatic N) is 1. The van der Waals surface area contributed by atoms with Crippen LogP contribution in [-0.2, 0) is 4.74 Å². The fourth-order valence-electron chi connectivity index (χ4n) is 1.41. The second kappa shape index (κ2) is 7.03. The number of hydrogen-bond acceptors (Lipinski definition) is 5. The van der Waals surface area contributed by atoms with Crippen LogP contribution in [0.3, 0.4) is 0 Å². The number of carbonyl (C=O) groups is 1. The summed E-state index contributed by atoms with van der Waals surface area (Å²) in [4.78, 5) is 21.8. The van der Waals surface area contributed by atoms with Crippen molar-refractivity contribution in [2.24, 2.45) is 0 Å². The highest BCUT2D eigenvalue weighted by atomic mass is 35.5. The summed E-state index contributed by atoms with van der Waals surface area (Å²) >= 11 is 5.81. The van der Waals surface area contributed by atoms with Crippen molar-refractivity contribution in [2.45, 2.75) is 6.04 Å². The Balaban J connectivity index is 2.85. The lowest BCUT2D eigenvalue weighted by Crippen LogP contribution is -2.40. The third-order valence-electron chi connectivity index (χ3n) is 2.33. The van der Waals surface area contributed by atoms with Crippen LogP contribution in [0, 0.1) is 10.1 Å². The van der Waals surface area contributed by atoms with Crippen LogP contribution >= 0.6 is 11.6 Å². The molecule has 0 bridgehead atoms. The number of hydrogen-bond donors (Lipinski definition) is 2. The van der Waals surface area contributed by atoms with E-state index in [1.54, 1.807) is 0 Å². The molecule has 0 heterocycles. The van der Waals surface area contributed by atoms with E-state index in [0.29, 0.717) is 0 Å². The Morgan fingerprint density at radius 3 is 2.79 bits per heavy atom. The van der Waals surface area contributed by atoms with Gasteiger partial charge < -0.3 is 15.2 Å². The predicted octanol–water partition coefficient (Wildman–Crippen LogP) is 0.985. The van der Waals surface area contributed by atoms with Gasteiger partial charge in [0.25, 0.3) is 11.6 Å². The number of rotatable bonds is 6. The Morgan fingerprint density at radius 2 is 2.32 bits per heavy atom. The van der Waals surface area contributed by atoms with Crippen molar-refractivity contribution in [1.29, 1.82) is 0 Å². The summed E-state index contributed by atoms with van der Waals surface area (Å²) in [6, 6.07) is 2.98. The average molecular weight is 289 g/mol. The van der Waals surface area contributed by atoms with Crippen LogP contribution in [0.25, 0.3) is 0 Å². The fraction of sp³-hybridized carbons (Fsp3) is 0.364. The summed E-state index contributed by atoms with van der Waals surface area (Å²) in [6.07, 6.45) is 0. The third kappa shape index (κ3) is 4.16. The SMILES string of the molecule is COCC(CO)NC(=O)c1ccc([N+](=O)[O-])cc1Cl. The number of ether oxygens (including phenoxy) is 1. The molecule has 1 rings (SSSR count). The molecule has 0 aliphatic carbocycles. The number of aliphatic hydroxyl groups excluding tert-OH is 1. The number of nitro benzene ring substituents is 1. The molecule has 1 amide bonds. The first-order valence-electron chi connectivity index (χ1n) is 5.34. The van der Waals surface area contributed by atoms with E-state index in [9.17, 15) is 14.9 Å². The summed E-state index contributed by atoms with van der Waals surface area (Å²) < 4.78 is 4.82. The maximum atomic E-state index is 11.9. The van der Waals surface area contributed by atoms with Gasteiger partial charge >= 0.3 is 0 Å². The summed E-state index contributed by atoms with van der Waals surface area (Å²) in [7, 11) is 1.44. The van der Waals surface area contributed by atoms with E-state index < -0.39 is 16.9 Å². The van der Waals surface area contributed by atoms with E-state index in [2.05, 4.69) is 5.32 Å². The standard InChI is InChI=1S/C11H13ClN2O5/c1-19-6-7(5-15)13-11(16)9-3-2-8(14(17)18)4-10(9)12/h2-4,7,15H,5-6H2,1H3,(H,13,16). The highest BCUT2D eigenvalue weighted by Crippen LogP contribution is 2.22. The van der Waals surface area contributed by atoms with Gasteiger partial charge in [-0.15, -0.1) is 0 Å². The second-order valence-corrected chi connectivity index (χ2v) is 4.14. The van der Waals surface area contributed by atoms with Crippen molar-refractivity contribution >= 4 is 23.2 Å². The van der Waals surface area contributed by atoms with Crippen molar-refractivity contribution < 1.29 is 19.6 Å². The van der Waals surface area contributed by atoms with Gasteiger partial charge in [-0.3, -0.25) is 14.9 Å². The van der Waals surface area contributed by atoms with Gasteiger partial charge in [0.15, 0.2) is 0 Å². The van der Waals surface area contributed by atoms with Gasteiger partial charge in [0.2, 0.25) is 0 Å². The van der Waals surface area contributed by atoms with E-state index in [-0.39, 0.29) is 29.5 Å². The first-order chi connectivity index (χ1) is 8.99. The third-order valence-corrected chi connectivity index (χ3v) is 2.64. The Kier molecular flexibility index (Phi) is 5.68. The average Bonchev–Trinajstić information content (AvgIpc) is 2.37. The topological polar surface area (TPSA) is 102 Å². The lowest BCUT2D eigenvalue weighted by Gasteiger charge is -2.15. The van der Waals surface area contributed by atoms with Crippen molar-refractivity contribution in [1.82, 2.24) is 5.32 Å². The smallest absolute Gasteiger partial charge is 0.270 e. The van der Waals surface area contributed by atoms with Crippen LogP contribution in [0.15, 0.2) is 18.2 Å². The predicted molar refractivity (Wildman–Crippen MR) is 68.3 cm³/mol. The number of carbonyl (C=O) groups excluding carboxylic acids is 1. The normalized spacial score (nSPS) is 11.9. The van der Waals surface area contributed by atoms with Crippen LogP contribution in [0.4, 0.5) is 5.69 Å². The van der Waals surface area contributed by atoms with Crippen LogP contribution in [0.1, 0.15) is 10.4 Å². The molecule has 0 radical (unpaired) electrons. The molecule has 1 unspecified atom stereocenters. The summed E-state index contributed by atoms with van der Waals surface area (Å²) in [5.41, 5.74) is -0.0982. The Bertz CT molecular complexity index is 480. The highest BCUT2D eigenvalue weighted by Gasteiger charge is 2.17. The molecule has 0 saturated heterocycles. The van der Waals surface area contributed by atoms with Crippen LogP contribution in [-0.4, -0.2) is 42.3 Å². The van der Waals surface area contributed by atoms with Gasteiger partial charge in [0.1, 0.15) is 0 Å². The molecule has 0 fully saturated rings. The Hall–Kier alpha value is -1.70. The van der Waals surface area contributed by atoms with E-state index in [4.69, 9.17) is 21.4 Å². The molecule has 0 aliphatic heterocycles.